The van der Waals surface area contributed by atoms with Gasteiger partial charge in [-0.3, -0.25) is 0 Å². The highest BCUT2D eigenvalue weighted by molar-refractivity contribution is 5.89. The highest BCUT2D eigenvalue weighted by Gasteiger charge is 2.24. The Labute approximate surface area is 125 Å². The first-order valence-electron chi connectivity index (χ1n) is 7.71. The van der Waals surface area contributed by atoms with Gasteiger partial charge in [-0.25, -0.2) is 0 Å². The van der Waals surface area contributed by atoms with Crippen LogP contribution < -0.4 is 5.32 Å². The van der Waals surface area contributed by atoms with Crippen LogP contribution in [-0.2, 0) is 4.74 Å². The normalized spacial score (nSPS) is 21.5. The standard InChI is InChI=1S/C18H23NO2/c1-12(15-9-10-21-11-15)19-13(2)16-8-7-14-5-3-4-6-17(14)18(16)20/h3-8,12-13,15,19-20H,9-11H2,1-2H3. The molecule has 2 aromatic rings. The van der Waals surface area contributed by atoms with Crippen molar-refractivity contribution in [1.82, 2.24) is 5.32 Å². The number of nitrogens with one attached hydrogen (secondary N) is 1. The average Bonchev–Trinajstić information content (AvgIpc) is 3.02. The lowest BCUT2D eigenvalue weighted by atomic mass is 9.97. The highest BCUT2D eigenvalue weighted by Crippen LogP contribution is 2.33. The SMILES string of the molecule is CC(NC(C)C1CCOC1)c1ccc2ccccc2c1O. The van der Waals surface area contributed by atoms with E-state index >= 15 is 0 Å². The summed E-state index contributed by atoms with van der Waals surface area (Å²) in [5.41, 5.74) is 0.958. The molecule has 0 bridgehead atoms. The molecule has 1 aliphatic rings. The van der Waals surface area contributed by atoms with Crippen molar-refractivity contribution in [3.8, 4) is 5.75 Å². The molecule has 0 aromatic heterocycles. The van der Waals surface area contributed by atoms with Crippen molar-refractivity contribution in [2.75, 3.05) is 13.2 Å². The van der Waals surface area contributed by atoms with Gasteiger partial charge in [0.2, 0.25) is 0 Å². The molecule has 21 heavy (non-hydrogen) atoms. The van der Waals surface area contributed by atoms with Gasteiger partial charge in [0.25, 0.3) is 0 Å². The molecule has 0 amide bonds. The minimum atomic E-state index is 0.116. The van der Waals surface area contributed by atoms with Crippen LogP contribution in [0.25, 0.3) is 10.8 Å². The number of fused-ring (bicyclic) bond motifs is 1. The van der Waals surface area contributed by atoms with E-state index in [0.29, 0.717) is 17.7 Å². The lowest BCUT2D eigenvalue weighted by Gasteiger charge is -2.25. The van der Waals surface area contributed by atoms with Crippen molar-refractivity contribution in [2.45, 2.75) is 32.4 Å². The molecule has 1 heterocycles. The van der Waals surface area contributed by atoms with Crippen molar-refractivity contribution < 1.29 is 9.84 Å². The third-order valence-electron chi connectivity index (χ3n) is 4.58. The first-order chi connectivity index (χ1) is 10.2. The van der Waals surface area contributed by atoms with E-state index < -0.39 is 0 Å². The van der Waals surface area contributed by atoms with Gasteiger partial charge < -0.3 is 15.2 Å². The monoisotopic (exact) mass is 285 g/mol. The summed E-state index contributed by atoms with van der Waals surface area (Å²) in [6.45, 7) is 6.01. The Hall–Kier alpha value is -1.58. The Morgan fingerprint density at radius 3 is 2.76 bits per heavy atom. The second-order valence-electron chi connectivity index (χ2n) is 6.03. The molecule has 1 saturated heterocycles. The van der Waals surface area contributed by atoms with Crippen LogP contribution in [-0.4, -0.2) is 24.4 Å². The van der Waals surface area contributed by atoms with Crippen LogP contribution in [0.3, 0.4) is 0 Å². The molecule has 0 radical (unpaired) electrons. The van der Waals surface area contributed by atoms with Crippen LogP contribution in [0.4, 0.5) is 0 Å². The van der Waals surface area contributed by atoms with Crippen LogP contribution in [0.15, 0.2) is 36.4 Å². The maximum absolute atomic E-state index is 10.5. The van der Waals surface area contributed by atoms with Gasteiger partial charge in [-0.1, -0.05) is 36.4 Å². The largest absolute Gasteiger partial charge is 0.507 e. The van der Waals surface area contributed by atoms with Crippen LogP contribution in [0, 0.1) is 5.92 Å². The van der Waals surface area contributed by atoms with Crippen molar-refractivity contribution in [2.24, 2.45) is 5.92 Å². The zero-order valence-corrected chi connectivity index (χ0v) is 12.7. The number of rotatable bonds is 4. The van der Waals surface area contributed by atoms with Crippen molar-refractivity contribution in [3.63, 3.8) is 0 Å². The number of hydrogen-bond donors (Lipinski definition) is 2. The number of phenols is 1. The fourth-order valence-corrected chi connectivity index (χ4v) is 3.19. The first kappa shape index (κ1) is 14.4. The number of aromatic hydroxyl groups is 1. The van der Waals surface area contributed by atoms with Crippen molar-refractivity contribution in [1.29, 1.82) is 0 Å². The summed E-state index contributed by atoms with van der Waals surface area (Å²) in [6.07, 6.45) is 1.12. The predicted molar refractivity (Wildman–Crippen MR) is 85.6 cm³/mol. The summed E-state index contributed by atoms with van der Waals surface area (Å²) < 4.78 is 5.46. The van der Waals surface area contributed by atoms with Gasteiger partial charge in [0.05, 0.1) is 6.61 Å². The molecule has 3 heteroatoms. The molecule has 2 N–H and O–H groups in total. The second kappa shape index (κ2) is 6.04. The molecule has 2 aromatic carbocycles. The molecular weight excluding hydrogens is 262 g/mol. The first-order valence-corrected chi connectivity index (χ1v) is 7.71. The number of ether oxygens (including phenoxy) is 1. The Bertz CT molecular complexity index is 620. The Balaban J connectivity index is 1.80. The van der Waals surface area contributed by atoms with Crippen LogP contribution in [0.2, 0.25) is 0 Å². The number of benzene rings is 2. The Kier molecular flexibility index (Phi) is 4.13. The van der Waals surface area contributed by atoms with E-state index in [0.717, 1.165) is 36.0 Å². The molecule has 0 spiro atoms. The smallest absolute Gasteiger partial charge is 0.128 e. The summed E-state index contributed by atoms with van der Waals surface area (Å²) in [5, 5.41) is 16.1. The zero-order chi connectivity index (χ0) is 14.8. The van der Waals surface area contributed by atoms with E-state index in [9.17, 15) is 5.11 Å². The van der Waals surface area contributed by atoms with E-state index in [1.807, 2.05) is 30.3 Å². The Morgan fingerprint density at radius 2 is 2.00 bits per heavy atom. The van der Waals surface area contributed by atoms with Crippen molar-refractivity contribution in [3.05, 3.63) is 42.0 Å². The molecule has 1 fully saturated rings. The lowest BCUT2D eigenvalue weighted by Crippen LogP contribution is -2.35. The maximum atomic E-state index is 10.5. The van der Waals surface area contributed by atoms with Gasteiger partial charge in [-0.05, 0) is 31.6 Å². The summed E-state index contributed by atoms with van der Waals surface area (Å²) in [5.74, 6) is 0.957. The average molecular weight is 285 g/mol. The topological polar surface area (TPSA) is 41.5 Å². The van der Waals surface area contributed by atoms with Gasteiger partial charge in [-0.2, -0.15) is 0 Å². The number of phenolic OH excluding ortho intramolecular Hbond substituents is 1. The van der Waals surface area contributed by atoms with Gasteiger partial charge >= 0.3 is 0 Å². The third-order valence-corrected chi connectivity index (χ3v) is 4.58. The highest BCUT2D eigenvalue weighted by atomic mass is 16.5. The van der Waals surface area contributed by atoms with Crippen LogP contribution >= 0.6 is 0 Å². The van der Waals surface area contributed by atoms with E-state index in [-0.39, 0.29) is 6.04 Å². The summed E-state index contributed by atoms with van der Waals surface area (Å²) >= 11 is 0. The zero-order valence-electron chi connectivity index (χ0n) is 12.7. The molecule has 0 saturated carbocycles. The lowest BCUT2D eigenvalue weighted by molar-refractivity contribution is 0.177. The molecule has 1 aliphatic heterocycles. The van der Waals surface area contributed by atoms with Gasteiger partial charge in [0.15, 0.2) is 0 Å². The maximum Gasteiger partial charge on any atom is 0.128 e. The van der Waals surface area contributed by atoms with Crippen molar-refractivity contribution >= 4 is 10.8 Å². The molecular formula is C18H23NO2. The second-order valence-corrected chi connectivity index (χ2v) is 6.03. The molecule has 3 rings (SSSR count). The van der Waals surface area contributed by atoms with E-state index in [1.54, 1.807) is 0 Å². The van der Waals surface area contributed by atoms with Gasteiger partial charge in [-0.15, -0.1) is 0 Å². The van der Waals surface area contributed by atoms with E-state index in [2.05, 4.69) is 25.2 Å². The minimum Gasteiger partial charge on any atom is -0.507 e. The fraction of sp³-hybridized carbons (Fsp3) is 0.444. The molecule has 112 valence electrons. The molecule has 3 unspecified atom stereocenters. The summed E-state index contributed by atoms with van der Waals surface area (Å²) in [6, 6.07) is 12.5. The predicted octanol–water partition coefficient (Wildman–Crippen LogP) is 3.62. The van der Waals surface area contributed by atoms with Crippen LogP contribution in [0.1, 0.15) is 31.9 Å². The fourth-order valence-electron chi connectivity index (χ4n) is 3.19. The summed E-state index contributed by atoms with van der Waals surface area (Å²) in [7, 11) is 0. The van der Waals surface area contributed by atoms with Crippen LogP contribution in [0.5, 0.6) is 5.75 Å². The van der Waals surface area contributed by atoms with Gasteiger partial charge in [0.1, 0.15) is 5.75 Å². The summed E-state index contributed by atoms with van der Waals surface area (Å²) in [4.78, 5) is 0. The van der Waals surface area contributed by atoms with E-state index in [4.69, 9.17) is 4.74 Å². The third kappa shape index (κ3) is 2.89. The minimum absolute atomic E-state index is 0.116. The molecule has 0 aliphatic carbocycles. The van der Waals surface area contributed by atoms with E-state index in [1.165, 1.54) is 0 Å². The molecule has 3 atom stereocenters. The van der Waals surface area contributed by atoms with Gasteiger partial charge in [0, 0.05) is 29.6 Å². The Morgan fingerprint density at radius 1 is 1.19 bits per heavy atom. The quantitative estimate of drug-likeness (QED) is 0.901. The number of hydrogen-bond acceptors (Lipinski definition) is 3. The molecule has 3 nitrogen and oxygen atoms in total.